The van der Waals surface area contributed by atoms with E-state index in [1.807, 2.05) is 54.8 Å². The number of hydrogen-bond donors (Lipinski definition) is 1. The Labute approximate surface area is 175 Å². The lowest BCUT2D eigenvalue weighted by atomic mass is 10.1. The van der Waals surface area contributed by atoms with Crippen LogP contribution in [0.2, 0.25) is 0 Å². The lowest BCUT2D eigenvalue weighted by Crippen LogP contribution is -2.23. The summed E-state index contributed by atoms with van der Waals surface area (Å²) in [5.74, 6) is 1.35. The number of aryl methyl sites for hydroxylation is 2. The highest BCUT2D eigenvalue weighted by Gasteiger charge is 2.21. The summed E-state index contributed by atoms with van der Waals surface area (Å²) in [7, 11) is 1.59. The van der Waals surface area contributed by atoms with Gasteiger partial charge in [-0.1, -0.05) is 42.1 Å². The molecule has 0 saturated heterocycles. The van der Waals surface area contributed by atoms with E-state index < -0.39 is 0 Å². The molecule has 0 saturated carbocycles. The van der Waals surface area contributed by atoms with Crippen molar-refractivity contribution in [3.05, 3.63) is 53.6 Å². The van der Waals surface area contributed by atoms with Crippen molar-refractivity contribution in [2.45, 2.75) is 44.6 Å². The first kappa shape index (κ1) is 20.9. The molecule has 0 spiro atoms. The Bertz CT molecular complexity index is 1020. The molecule has 7 heteroatoms. The average Bonchev–Trinajstić information content (AvgIpc) is 3.10. The van der Waals surface area contributed by atoms with E-state index in [1.165, 1.54) is 11.8 Å². The van der Waals surface area contributed by atoms with E-state index >= 15 is 0 Å². The zero-order valence-electron chi connectivity index (χ0n) is 17.4. The number of nitrogens with one attached hydrogen (secondary N) is 1. The maximum atomic E-state index is 12.8. The maximum absolute atomic E-state index is 12.8. The summed E-state index contributed by atoms with van der Waals surface area (Å²) in [6.07, 6.45) is 0. The lowest BCUT2D eigenvalue weighted by Gasteiger charge is -2.15. The Morgan fingerprint density at radius 3 is 2.66 bits per heavy atom. The van der Waals surface area contributed by atoms with Crippen LogP contribution in [0.4, 0.5) is 5.69 Å². The Balaban J connectivity index is 1.79. The lowest BCUT2D eigenvalue weighted by molar-refractivity contribution is -0.115. The second kappa shape index (κ2) is 9.13. The van der Waals surface area contributed by atoms with Gasteiger partial charge in [-0.3, -0.25) is 4.79 Å². The van der Waals surface area contributed by atoms with Crippen molar-refractivity contribution < 1.29 is 9.53 Å². The van der Waals surface area contributed by atoms with E-state index in [0.29, 0.717) is 11.4 Å². The summed E-state index contributed by atoms with van der Waals surface area (Å²) in [5.41, 5.74) is 3.91. The molecule has 2 aromatic carbocycles. The molecule has 0 fully saturated rings. The summed E-state index contributed by atoms with van der Waals surface area (Å²) in [6.45, 7) is 8.67. The molecule has 1 heterocycles. The summed E-state index contributed by atoms with van der Waals surface area (Å²) >= 11 is 1.40. The second-order valence-electron chi connectivity index (χ2n) is 6.82. The van der Waals surface area contributed by atoms with Crippen molar-refractivity contribution in [3.8, 4) is 17.1 Å². The monoisotopic (exact) mass is 410 g/mol. The summed E-state index contributed by atoms with van der Waals surface area (Å²) in [4.78, 5) is 12.8. The number of hydrogen-bond acceptors (Lipinski definition) is 5. The van der Waals surface area contributed by atoms with Gasteiger partial charge in [0.05, 0.1) is 18.0 Å². The van der Waals surface area contributed by atoms with Gasteiger partial charge in [0, 0.05) is 12.1 Å². The molecule has 152 valence electrons. The third-order valence-corrected chi connectivity index (χ3v) is 5.76. The van der Waals surface area contributed by atoms with Gasteiger partial charge < -0.3 is 14.6 Å². The third-order valence-electron chi connectivity index (χ3n) is 4.68. The van der Waals surface area contributed by atoms with Gasteiger partial charge in [-0.2, -0.15) is 0 Å². The van der Waals surface area contributed by atoms with Crippen LogP contribution < -0.4 is 10.1 Å². The maximum Gasteiger partial charge on any atom is 0.237 e. The average molecular weight is 411 g/mol. The zero-order chi connectivity index (χ0) is 21.0. The molecule has 1 N–H and O–H groups in total. The van der Waals surface area contributed by atoms with Crippen molar-refractivity contribution >= 4 is 23.4 Å². The van der Waals surface area contributed by atoms with Gasteiger partial charge in [0.25, 0.3) is 0 Å². The van der Waals surface area contributed by atoms with Gasteiger partial charge in [0.2, 0.25) is 5.91 Å². The first-order chi connectivity index (χ1) is 13.9. The molecule has 0 bridgehead atoms. The minimum Gasteiger partial charge on any atom is -0.495 e. The molecular weight excluding hydrogens is 384 g/mol. The molecule has 1 aromatic heterocycles. The minimum atomic E-state index is -0.348. The normalized spacial score (nSPS) is 11.9. The Morgan fingerprint density at radius 1 is 1.21 bits per heavy atom. The molecule has 1 amide bonds. The summed E-state index contributed by atoms with van der Waals surface area (Å²) < 4.78 is 7.40. The predicted molar refractivity (Wildman–Crippen MR) is 118 cm³/mol. The highest BCUT2D eigenvalue weighted by atomic mass is 32.2. The number of aromatic nitrogens is 3. The summed E-state index contributed by atoms with van der Waals surface area (Å²) in [6, 6.07) is 13.8. The van der Waals surface area contributed by atoms with E-state index in [-0.39, 0.29) is 11.2 Å². The van der Waals surface area contributed by atoms with Crippen LogP contribution in [0.15, 0.2) is 47.6 Å². The molecule has 0 aliphatic rings. The number of benzene rings is 2. The van der Waals surface area contributed by atoms with Crippen LogP contribution in [-0.4, -0.2) is 33.0 Å². The number of rotatable bonds is 7. The second-order valence-corrected chi connectivity index (χ2v) is 8.13. The third kappa shape index (κ3) is 4.62. The van der Waals surface area contributed by atoms with Gasteiger partial charge in [0.15, 0.2) is 11.0 Å². The highest BCUT2D eigenvalue weighted by molar-refractivity contribution is 8.00. The SMILES string of the molecule is CCn1c(S[C@H](C)C(=O)Nc2cc(C)ccc2OC)nnc1-c1ccccc1C. The van der Waals surface area contributed by atoms with Gasteiger partial charge >= 0.3 is 0 Å². The molecule has 0 unspecified atom stereocenters. The quantitative estimate of drug-likeness (QED) is 0.571. The Hall–Kier alpha value is -2.80. The topological polar surface area (TPSA) is 69.0 Å². The number of anilines is 1. The molecule has 1 atom stereocenters. The van der Waals surface area contributed by atoms with Crippen molar-refractivity contribution in [2.75, 3.05) is 12.4 Å². The fourth-order valence-corrected chi connectivity index (χ4v) is 3.96. The van der Waals surface area contributed by atoms with Crippen molar-refractivity contribution in [3.63, 3.8) is 0 Å². The molecule has 0 aliphatic heterocycles. The Morgan fingerprint density at radius 2 is 1.97 bits per heavy atom. The van der Waals surface area contributed by atoms with Crippen LogP contribution >= 0.6 is 11.8 Å². The standard InChI is InChI=1S/C22H26N4O2S/c1-6-26-20(17-10-8-7-9-15(17)3)24-25-22(26)29-16(4)21(27)23-18-13-14(2)11-12-19(18)28-5/h7-13,16H,6H2,1-5H3,(H,23,27)/t16-/m1/s1. The fraction of sp³-hybridized carbons (Fsp3) is 0.318. The van der Waals surface area contributed by atoms with Gasteiger partial charge in [-0.25, -0.2) is 0 Å². The first-order valence-corrected chi connectivity index (χ1v) is 10.4. The molecule has 6 nitrogen and oxygen atoms in total. The van der Waals surface area contributed by atoms with Crippen LogP contribution in [0, 0.1) is 13.8 Å². The zero-order valence-corrected chi connectivity index (χ0v) is 18.2. The fourth-order valence-electron chi connectivity index (χ4n) is 3.05. The number of methoxy groups -OCH3 is 1. The highest BCUT2D eigenvalue weighted by Crippen LogP contribution is 2.30. The number of thioether (sulfide) groups is 1. The number of nitrogens with zero attached hydrogens (tertiary/aromatic N) is 3. The van der Waals surface area contributed by atoms with Gasteiger partial charge in [-0.15, -0.1) is 10.2 Å². The van der Waals surface area contributed by atoms with Crippen molar-refractivity contribution in [1.29, 1.82) is 0 Å². The van der Waals surface area contributed by atoms with Crippen LogP contribution in [0.25, 0.3) is 11.4 Å². The largest absolute Gasteiger partial charge is 0.495 e. The van der Waals surface area contributed by atoms with E-state index in [4.69, 9.17) is 4.74 Å². The smallest absolute Gasteiger partial charge is 0.237 e. The predicted octanol–water partition coefficient (Wildman–Crippen LogP) is 4.71. The van der Waals surface area contributed by atoms with Gasteiger partial charge in [-0.05, 0) is 51.0 Å². The van der Waals surface area contributed by atoms with Crippen molar-refractivity contribution in [1.82, 2.24) is 14.8 Å². The molecule has 3 rings (SSSR count). The number of carbonyl (C=O) groups is 1. The summed E-state index contributed by atoms with van der Waals surface area (Å²) in [5, 5.41) is 12.1. The van der Waals surface area contributed by atoms with Crippen LogP contribution in [0.5, 0.6) is 5.75 Å². The first-order valence-electron chi connectivity index (χ1n) is 9.56. The van der Waals surface area contributed by atoms with Crippen LogP contribution in [0.3, 0.4) is 0 Å². The molecular formula is C22H26N4O2S. The van der Waals surface area contributed by atoms with E-state index in [1.54, 1.807) is 7.11 Å². The number of carbonyl (C=O) groups excluding carboxylic acids is 1. The van der Waals surface area contributed by atoms with Crippen LogP contribution in [-0.2, 0) is 11.3 Å². The number of amides is 1. The van der Waals surface area contributed by atoms with Gasteiger partial charge in [0.1, 0.15) is 5.75 Å². The van der Waals surface area contributed by atoms with Crippen LogP contribution in [0.1, 0.15) is 25.0 Å². The molecule has 29 heavy (non-hydrogen) atoms. The van der Waals surface area contributed by atoms with E-state index in [0.717, 1.165) is 34.2 Å². The number of ether oxygens (including phenoxy) is 1. The van der Waals surface area contributed by atoms with Crippen molar-refractivity contribution in [2.24, 2.45) is 0 Å². The van der Waals surface area contributed by atoms with E-state index in [2.05, 4.69) is 35.4 Å². The van der Waals surface area contributed by atoms with E-state index in [9.17, 15) is 4.79 Å². The molecule has 0 aliphatic carbocycles. The minimum absolute atomic E-state index is 0.109. The molecule has 0 radical (unpaired) electrons. The Kier molecular flexibility index (Phi) is 6.59. The molecule has 3 aromatic rings.